The van der Waals surface area contributed by atoms with Crippen LogP contribution in [-0.4, -0.2) is 31.6 Å². The van der Waals surface area contributed by atoms with Gasteiger partial charge in [0.1, 0.15) is 5.82 Å². The molecule has 3 heteroatoms. The van der Waals surface area contributed by atoms with Crippen LogP contribution < -0.4 is 5.32 Å². The average Bonchev–Trinajstić information content (AvgIpc) is 2.26. The van der Waals surface area contributed by atoms with Crippen LogP contribution in [0.15, 0.2) is 35.4 Å². The Morgan fingerprint density at radius 2 is 2.06 bits per heavy atom. The van der Waals surface area contributed by atoms with Gasteiger partial charge in [-0.05, 0) is 32.5 Å². The normalized spacial score (nSPS) is 16.6. The molecule has 0 saturated carbocycles. The maximum atomic E-state index is 13.7. The van der Waals surface area contributed by atoms with Crippen LogP contribution in [0.3, 0.4) is 0 Å². The number of nitrogens with zero attached hydrogens (tertiary/aromatic N) is 1. The number of likely N-dealkylation sites (N-methyl/N-ethyl adjacent to an activating group) is 1. The molecule has 1 atom stereocenters. The summed E-state index contributed by atoms with van der Waals surface area (Å²) in [7, 11) is 2.05. The molecule has 1 aliphatic heterocycles. The zero-order valence-electron chi connectivity index (χ0n) is 11.3. The zero-order valence-corrected chi connectivity index (χ0v) is 11.3. The first-order valence-corrected chi connectivity index (χ1v) is 6.42. The number of halogens is 1. The van der Waals surface area contributed by atoms with E-state index in [9.17, 15) is 4.39 Å². The third-order valence-electron chi connectivity index (χ3n) is 3.78. The number of hydrogen-bond donors (Lipinski definition) is 1. The molecule has 1 unspecified atom stereocenters. The third kappa shape index (κ3) is 2.79. The van der Waals surface area contributed by atoms with E-state index in [4.69, 9.17) is 0 Å². The van der Waals surface area contributed by atoms with Crippen molar-refractivity contribution < 1.29 is 4.39 Å². The highest BCUT2D eigenvalue weighted by molar-refractivity contribution is 5.24. The Morgan fingerprint density at radius 3 is 2.61 bits per heavy atom. The molecule has 1 saturated heterocycles. The van der Waals surface area contributed by atoms with Gasteiger partial charge in [-0.1, -0.05) is 23.8 Å². The first-order valence-electron chi connectivity index (χ1n) is 6.42. The van der Waals surface area contributed by atoms with Crippen LogP contribution in [0.25, 0.3) is 0 Å². The fraction of sp³-hybridized carbons (Fsp3) is 0.467. The van der Waals surface area contributed by atoms with Gasteiger partial charge < -0.3 is 5.32 Å². The smallest absolute Gasteiger partial charge is 0.127 e. The van der Waals surface area contributed by atoms with Crippen LogP contribution in [0, 0.1) is 5.82 Å². The summed E-state index contributed by atoms with van der Waals surface area (Å²) in [5.41, 5.74) is 3.66. The molecule has 0 aliphatic carbocycles. The molecule has 0 bridgehead atoms. The van der Waals surface area contributed by atoms with Crippen LogP contribution in [-0.2, 0) is 0 Å². The standard InChI is InChI=1S/C15H21FN2/c1-11(13-8-17-9-13)10-18(3)12(2)14-6-4-5-7-15(14)16/h4-7,12,17H,8-10H2,1-3H3. The molecule has 98 valence electrons. The van der Waals surface area contributed by atoms with E-state index < -0.39 is 0 Å². The van der Waals surface area contributed by atoms with Crippen molar-refractivity contribution in [2.24, 2.45) is 0 Å². The van der Waals surface area contributed by atoms with Crippen LogP contribution >= 0.6 is 0 Å². The van der Waals surface area contributed by atoms with Crippen LogP contribution in [0.5, 0.6) is 0 Å². The van der Waals surface area contributed by atoms with E-state index in [2.05, 4.69) is 24.1 Å². The quantitative estimate of drug-likeness (QED) is 0.824. The van der Waals surface area contributed by atoms with Gasteiger partial charge in [-0.3, -0.25) is 4.90 Å². The molecule has 2 rings (SSSR count). The Balaban J connectivity index is 2.05. The highest BCUT2D eigenvalue weighted by atomic mass is 19.1. The summed E-state index contributed by atoms with van der Waals surface area (Å²) in [4.78, 5) is 2.19. The maximum Gasteiger partial charge on any atom is 0.127 e. The van der Waals surface area contributed by atoms with E-state index in [0.29, 0.717) is 0 Å². The Hall–Kier alpha value is -1.19. The largest absolute Gasteiger partial charge is 0.309 e. The van der Waals surface area contributed by atoms with E-state index in [1.54, 1.807) is 6.07 Å². The lowest BCUT2D eigenvalue weighted by Crippen LogP contribution is -2.36. The Kier molecular flexibility index (Phi) is 4.15. The summed E-state index contributed by atoms with van der Waals surface area (Å²) < 4.78 is 13.7. The Labute approximate surface area is 108 Å². The summed E-state index contributed by atoms with van der Waals surface area (Å²) >= 11 is 0. The molecule has 0 spiro atoms. The van der Waals surface area contributed by atoms with Crippen molar-refractivity contribution in [3.63, 3.8) is 0 Å². The lowest BCUT2D eigenvalue weighted by Gasteiger charge is -2.29. The van der Waals surface area contributed by atoms with E-state index in [-0.39, 0.29) is 11.9 Å². The second-order valence-corrected chi connectivity index (χ2v) is 5.10. The van der Waals surface area contributed by atoms with Gasteiger partial charge in [0, 0.05) is 31.2 Å². The van der Waals surface area contributed by atoms with E-state index in [1.165, 1.54) is 17.2 Å². The van der Waals surface area contributed by atoms with E-state index in [0.717, 1.165) is 25.2 Å². The molecule has 1 heterocycles. The molecule has 1 N–H and O–H groups in total. The summed E-state index contributed by atoms with van der Waals surface area (Å²) in [6, 6.07) is 7.11. The third-order valence-corrected chi connectivity index (χ3v) is 3.78. The van der Waals surface area contributed by atoms with Gasteiger partial charge in [-0.25, -0.2) is 4.39 Å². The van der Waals surface area contributed by atoms with E-state index in [1.807, 2.05) is 19.2 Å². The number of rotatable bonds is 4. The molecule has 2 nitrogen and oxygen atoms in total. The van der Waals surface area contributed by atoms with Crippen molar-refractivity contribution in [2.75, 3.05) is 26.7 Å². The van der Waals surface area contributed by atoms with Crippen molar-refractivity contribution >= 4 is 0 Å². The minimum absolute atomic E-state index is 0.0924. The first-order chi connectivity index (χ1) is 8.59. The fourth-order valence-electron chi connectivity index (χ4n) is 2.23. The van der Waals surface area contributed by atoms with Crippen molar-refractivity contribution in [1.82, 2.24) is 10.2 Å². The average molecular weight is 248 g/mol. The zero-order chi connectivity index (χ0) is 13.1. The van der Waals surface area contributed by atoms with Gasteiger partial charge in [0.15, 0.2) is 0 Å². The highest BCUT2D eigenvalue weighted by Crippen LogP contribution is 2.23. The molecule has 18 heavy (non-hydrogen) atoms. The topological polar surface area (TPSA) is 15.3 Å². The first kappa shape index (κ1) is 13.2. The van der Waals surface area contributed by atoms with Crippen LogP contribution in [0.1, 0.15) is 25.5 Å². The Morgan fingerprint density at radius 1 is 1.39 bits per heavy atom. The Bertz CT molecular complexity index is 448. The minimum Gasteiger partial charge on any atom is -0.309 e. The van der Waals surface area contributed by atoms with Crippen molar-refractivity contribution in [1.29, 1.82) is 0 Å². The summed E-state index contributed by atoms with van der Waals surface area (Å²) in [5.74, 6) is -0.118. The maximum absolute atomic E-state index is 13.7. The fourth-order valence-corrected chi connectivity index (χ4v) is 2.23. The molecule has 0 aromatic heterocycles. The van der Waals surface area contributed by atoms with Crippen molar-refractivity contribution in [3.8, 4) is 0 Å². The monoisotopic (exact) mass is 248 g/mol. The van der Waals surface area contributed by atoms with E-state index >= 15 is 0 Å². The number of benzene rings is 1. The number of nitrogens with one attached hydrogen (secondary N) is 1. The van der Waals surface area contributed by atoms with Gasteiger partial charge in [-0.2, -0.15) is 0 Å². The molecular weight excluding hydrogens is 227 g/mol. The molecule has 0 amide bonds. The molecular formula is C15H21FN2. The van der Waals surface area contributed by atoms with Gasteiger partial charge in [0.05, 0.1) is 0 Å². The second-order valence-electron chi connectivity index (χ2n) is 5.10. The lowest BCUT2D eigenvalue weighted by atomic mass is 10.0. The van der Waals surface area contributed by atoms with Gasteiger partial charge >= 0.3 is 0 Å². The van der Waals surface area contributed by atoms with Crippen LogP contribution in [0.4, 0.5) is 4.39 Å². The van der Waals surface area contributed by atoms with Crippen LogP contribution in [0.2, 0.25) is 0 Å². The minimum atomic E-state index is -0.118. The number of hydrogen-bond acceptors (Lipinski definition) is 2. The molecule has 1 aromatic carbocycles. The second kappa shape index (κ2) is 5.63. The predicted molar refractivity (Wildman–Crippen MR) is 73.0 cm³/mol. The molecule has 1 aliphatic rings. The molecule has 1 fully saturated rings. The summed E-state index contributed by atoms with van der Waals surface area (Å²) in [6.45, 7) is 7.13. The summed E-state index contributed by atoms with van der Waals surface area (Å²) in [6.07, 6.45) is 0. The molecule has 0 radical (unpaired) electrons. The van der Waals surface area contributed by atoms with Crippen molar-refractivity contribution in [3.05, 3.63) is 46.8 Å². The lowest BCUT2D eigenvalue weighted by molar-refractivity contribution is 0.275. The van der Waals surface area contributed by atoms with Gasteiger partial charge in [-0.15, -0.1) is 0 Å². The van der Waals surface area contributed by atoms with Gasteiger partial charge in [0.2, 0.25) is 0 Å². The molecule has 1 aromatic rings. The summed E-state index contributed by atoms with van der Waals surface area (Å²) in [5, 5.41) is 3.25. The predicted octanol–water partition coefficient (Wildman–Crippen LogP) is 2.74. The highest BCUT2D eigenvalue weighted by Gasteiger charge is 2.17. The van der Waals surface area contributed by atoms with Crippen molar-refractivity contribution in [2.45, 2.75) is 19.9 Å². The SMILES string of the molecule is CC(CN(C)C(C)c1ccccc1F)=C1CNC1. The van der Waals surface area contributed by atoms with Gasteiger partial charge in [0.25, 0.3) is 0 Å².